The van der Waals surface area contributed by atoms with Gasteiger partial charge in [0, 0.05) is 17.5 Å². The standard InChI is InChI=1S/C17H18O4/c1-18-14-12-9-10-7-5-6-8-11(10)13(12)15(19-2)17(21-4)16(14)20-3/h5-8H,9H2,1-4H3. The highest BCUT2D eigenvalue weighted by atomic mass is 16.5. The first kappa shape index (κ1) is 13.6. The number of methoxy groups -OCH3 is 4. The number of rotatable bonds is 4. The van der Waals surface area contributed by atoms with Gasteiger partial charge in [-0.25, -0.2) is 0 Å². The van der Waals surface area contributed by atoms with Gasteiger partial charge in [0.2, 0.25) is 11.5 Å². The van der Waals surface area contributed by atoms with E-state index in [0.717, 1.165) is 23.1 Å². The van der Waals surface area contributed by atoms with Gasteiger partial charge in [0.1, 0.15) is 0 Å². The Morgan fingerprint density at radius 3 is 1.90 bits per heavy atom. The molecular weight excluding hydrogens is 268 g/mol. The number of ether oxygens (including phenoxy) is 4. The molecule has 0 aromatic heterocycles. The molecule has 3 rings (SSSR count). The van der Waals surface area contributed by atoms with Crippen LogP contribution in [0.15, 0.2) is 24.3 Å². The number of benzene rings is 2. The van der Waals surface area contributed by atoms with Gasteiger partial charge >= 0.3 is 0 Å². The van der Waals surface area contributed by atoms with Crippen molar-refractivity contribution in [2.75, 3.05) is 28.4 Å². The lowest BCUT2D eigenvalue weighted by Crippen LogP contribution is -2.02. The van der Waals surface area contributed by atoms with Crippen molar-refractivity contribution < 1.29 is 18.9 Å². The van der Waals surface area contributed by atoms with Crippen LogP contribution >= 0.6 is 0 Å². The van der Waals surface area contributed by atoms with Crippen molar-refractivity contribution in [3.8, 4) is 34.1 Å². The molecule has 0 saturated carbocycles. The van der Waals surface area contributed by atoms with Gasteiger partial charge in [0.15, 0.2) is 11.5 Å². The Balaban J connectivity index is 2.40. The summed E-state index contributed by atoms with van der Waals surface area (Å²) in [5.41, 5.74) is 4.51. The topological polar surface area (TPSA) is 36.9 Å². The van der Waals surface area contributed by atoms with E-state index in [1.165, 1.54) is 5.56 Å². The van der Waals surface area contributed by atoms with Crippen LogP contribution in [0.5, 0.6) is 23.0 Å². The van der Waals surface area contributed by atoms with E-state index in [4.69, 9.17) is 18.9 Å². The molecule has 4 heteroatoms. The first-order valence-electron chi connectivity index (χ1n) is 6.73. The minimum atomic E-state index is 0.562. The Kier molecular flexibility index (Phi) is 3.37. The molecule has 4 nitrogen and oxygen atoms in total. The maximum atomic E-state index is 5.62. The van der Waals surface area contributed by atoms with Crippen LogP contribution in [0.1, 0.15) is 11.1 Å². The summed E-state index contributed by atoms with van der Waals surface area (Å²) in [6, 6.07) is 8.27. The van der Waals surface area contributed by atoms with Crippen LogP contribution in [0.4, 0.5) is 0 Å². The summed E-state index contributed by atoms with van der Waals surface area (Å²) in [6.45, 7) is 0. The van der Waals surface area contributed by atoms with Crippen molar-refractivity contribution in [1.29, 1.82) is 0 Å². The molecule has 0 fully saturated rings. The quantitative estimate of drug-likeness (QED) is 0.737. The van der Waals surface area contributed by atoms with Crippen molar-refractivity contribution in [1.82, 2.24) is 0 Å². The zero-order chi connectivity index (χ0) is 15.0. The van der Waals surface area contributed by atoms with E-state index < -0.39 is 0 Å². The van der Waals surface area contributed by atoms with Gasteiger partial charge < -0.3 is 18.9 Å². The molecular formula is C17H18O4. The number of hydrogen-bond donors (Lipinski definition) is 0. The lowest BCUT2D eigenvalue weighted by atomic mass is 10.0. The summed E-state index contributed by atoms with van der Waals surface area (Å²) in [7, 11) is 6.50. The highest BCUT2D eigenvalue weighted by Gasteiger charge is 2.32. The zero-order valence-electron chi connectivity index (χ0n) is 12.6. The lowest BCUT2D eigenvalue weighted by Gasteiger charge is -2.20. The third-order valence-corrected chi connectivity index (χ3v) is 3.89. The Bertz CT molecular complexity index is 692. The van der Waals surface area contributed by atoms with Crippen LogP contribution in [0.3, 0.4) is 0 Å². The average molecular weight is 286 g/mol. The smallest absolute Gasteiger partial charge is 0.207 e. The molecule has 0 N–H and O–H groups in total. The Morgan fingerprint density at radius 1 is 0.714 bits per heavy atom. The fourth-order valence-corrected chi connectivity index (χ4v) is 3.05. The molecule has 0 spiro atoms. The van der Waals surface area contributed by atoms with Crippen LogP contribution in [-0.2, 0) is 6.42 Å². The van der Waals surface area contributed by atoms with Gasteiger partial charge in [-0.2, -0.15) is 0 Å². The molecule has 2 aromatic carbocycles. The second kappa shape index (κ2) is 5.20. The van der Waals surface area contributed by atoms with Gasteiger partial charge in [0.05, 0.1) is 28.4 Å². The summed E-state index contributed by atoms with van der Waals surface area (Å²) in [5, 5.41) is 0. The van der Waals surface area contributed by atoms with Crippen molar-refractivity contribution in [2.45, 2.75) is 6.42 Å². The molecule has 0 aliphatic heterocycles. The monoisotopic (exact) mass is 286 g/mol. The summed E-state index contributed by atoms with van der Waals surface area (Å²) in [4.78, 5) is 0. The summed E-state index contributed by atoms with van der Waals surface area (Å²) < 4.78 is 22.2. The normalized spacial score (nSPS) is 11.6. The maximum Gasteiger partial charge on any atom is 0.207 e. The van der Waals surface area contributed by atoms with E-state index >= 15 is 0 Å². The summed E-state index contributed by atoms with van der Waals surface area (Å²) in [6.07, 6.45) is 0.797. The molecule has 0 bridgehead atoms. The van der Waals surface area contributed by atoms with Gasteiger partial charge in [-0.05, 0) is 11.1 Å². The zero-order valence-corrected chi connectivity index (χ0v) is 12.6. The Morgan fingerprint density at radius 2 is 1.29 bits per heavy atom. The predicted octanol–water partition coefficient (Wildman–Crippen LogP) is 3.29. The van der Waals surface area contributed by atoms with Crippen molar-refractivity contribution in [2.24, 2.45) is 0 Å². The summed E-state index contributed by atoms with van der Waals surface area (Å²) in [5.74, 6) is 2.53. The number of hydrogen-bond acceptors (Lipinski definition) is 4. The van der Waals surface area contributed by atoms with Crippen molar-refractivity contribution in [3.63, 3.8) is 0 Å². The minimum absolute atomic E-state index is 0.562. The van der Waals surface area contributed by atoms with Crippen LogP contribution in [-0.4, -0.2) is 28.4 Å². The van der Waals surface area contributed by atoms with Crippen LogP contribution in [0, 0.1) is 0 Å². The summed E-state index contributed by atoms with van der Waals surface area (Å²) >= 11 is 0. The third kappa shape index (κ3) is 1.82. The van der Waals surface area contributed by atoms with E-state index in [0.29, 0.717) is 23.0 Å². The van der Waals surface area contributed by atoms with Gasteiger partial charge in [0.25, 0.3) is 0 Å². The van der Waals surface area contributed by atoms with Gasteiger partial charge in [-0.1, -0.05) is 24.3 Å². The van der Waals surface area contributed by atoms with Crippen molar-refractivity contribution >= 4 is 0 Å². The molecule has 1 aliphatic rings. The average Bonchev–Trinajstić information content (AvgIpc) is 2.91. The molecule has 0 unspecified atom stereocenters. The first-order chi connectivity index (χ1) is 10.3. The largest absolute Gasteiger partial charge is 0.492 e. The molecule has 0 heterocycles. The third-order valence-electron chi connectivity index (χ3n) is 3.89. The van der Waals surface area contributed by atoms with Crippen LogP contribution < -0.4 is 18.9 Å². The molecule has 21 heavy (non-hydrogen) atoms. The van der Waals surface area contributed by atoms with Crippen molar-refractivity contribution in [3.05, 3.63) is 35.4 Å². The second-order valence-electron chi connectivity index (χ2n) is 4.82. The maximum absolute atomic E-state index is 5.62. The van der Waals surface area contributed by atoms with Crippen LogP contribution in [0.2, 0.25) is 0 Å². The molecule has 1 aliphatic carbocycles. The Labute approximate surface area is 124 Å². The molecule has 0 saturated heterocycles. The Hall–Kier alpha value is -2.36. The minimum Gasteiger partial charge on any atom is -0.492 e. The molecule has 0 atom stereocenters. The van der Waals surface area contributed by atoms with E-state index in [2.05, 4.69) is 12.1 Å². The van der Waals surface area contributed by atoms with Crippen LogP contribution in [0.25, 0.3) is 11.1 Å². The van der Waals surface area contributed by atoms with E-state index in [-0.39, 0.29) is 0 Å². The fourth-order valence-electron chi connectivity index (χ4n) is 3.05. The first-order valence-corrected chi connectivity index (χ1v) is 6.73. The fraction of sp³-hybridized carbons (Fsp3) is 0.294. The highest BCUT2D eigenvalue weighted by molar-refractivity contribution is 5.89. The highest BCUT2D eigenvalue weighted by Crippen LogP contribution is 2.56. The van der Waals surface area contributed by atoms with Gasteiger partial charge in [-0.3, -0.25) is 0 Å². The van der Waals surface area contributed by atoms with E-state index in [1.807, 2.05) is 12.1 Å². The second-order valence-corrected chi connectivity index (χ2v) is 4.82. The van der Waals surface area contributed by atoms with Gasteiger partial charge in [-0.15, -0.1) is 0 Å². The van der Waals surface area contributed by atoms with E-state index in [1.54, 1.807) is 28.4 Å². The predicted molar refractivity (Wildman–Crippen MR) is 80.9 cm³/mol. The SMILES string of the molecule is COc1c2c(c(OC)c(OC)c1OC)-c1ccccc1C2. The molecule has 0 amide bonds. The lowest BCUT2D eigenvalue weighted by molar-refractivity contribution is 0.305. The van der Waals surface area contributed by atoms with E-state index in [9.17, 15) is 0 Å². The number of fused-ring (bicyclic) bond motifs is 3. The molecule has 2 aromatic rings. The molecule has 0 radical (unpaired) electrons. The molecule has 110 valence electrons.